The summed E-state index contributed by atoms with van der Waals surface area (Å²) in [4.78, 5) is 45.8. The zero-order valence-electron chi connectivity index (χ0n) is 31.9. The highest BCUT2D eigenvalue weighted by molar-refractivity contribution is 7.90. The third kappa shape index (κ3) is 8.49. The highest BCUT2D eigenvalue weighted by atomic mass is 32.2. The van der Waals surface area contributed by atoms with Crippen molar-refractivity contribution in [1.29, 1.82) is 5.41 Å². The number of carboxylic acid groups (broad SMARTS) is 1. The average molecular weight is 786 g/mol. The van der Waals surface area contributed by atoms with E-state index < -0.39 is 51.6 Å². The van der Waals surface area contributed by atoms with Gasteiger partial charge in [-0.15, -0.1) is 0 Å². The van der Waals surface area contributed by atoms with Crippen molar-refractivity contribution in [3.05, 3.63) is 100 Å². The van der Waals surface area contributed by atoms with Crippen LogP contribution in [-0.4, -0.2) is 78.3 Å². The third-order valence-electron chi connectivity index (χ3n) is 10.3. The van der Waals surface area contributed by atoms with Gasteiger partial charge in [0, 0.05) is 37.1 Å². The number of fused-ring (bicyclic) bond motifs is 4. The topological polar surface area (TPSA) is 225 Å². The van der Waals surface area contributed by atoms with Gasteiger partial charge in [-0.2, -0.15) is 0 Å². The number of guanidine groups is 1. The molecule has 3 aromatic carbocycles. The number of hydrogen-bond donors (Lipinski definition) is 7. The number of H-pyrrole nitrogens is 1. The predicted octanol–water partition coefficient (Wildman–Crippen LogP) is 4.35. The summed E-state index contributed by atoms with van der Waals surface area (Å²) in [6.45, 7) is 9.19. The minimum Gasteiger partial charge on any atom is -0.487 e. The lowest BCUT2D eigenvalue weighted by Crippen LogP contribution is -2.52. The molecular weight excluding hydrogens is 739 g/mol. The molecule has 2 amide bonds. The van der Waals surface area contributed by atoms with Crippen molar-refractivity contribution in [2.24, 2.45) is 0 Å². The average Bonchev–Trinajstić information content (AvgIpc) is 3.86. The van der Waals surface area contributed by atoms with Gasteiger partial charge in [-0.3, -0.25) is 10.2 Å². The molecule has 2 atom stereocenters. The Bertz CT molecular complexity index is 2230. The summed E-state index contributed by atoms with van der Waals surface area (Å²) < 4.78 is 41.3. The molecule has 1 aliphatic carbocycles. The van der Waals surface area contributed by atoms with Crippen molar-refractivity contribution in [2.45, 2.75) is 88.8 Å². The van der Waals surface area contributed by atoms with Crippen LogP contribution in [-0.2, 0) is 37.2 Å². The molecule has 0 saturated heterocycles. The number of aromatic amines is 1. The van der Waals surface area contributed by atoms with Gasteiger partial charge in [-0.25, -0.2) is 27.7 Å². The second-order valence-corrected chi connectivity index (χ2v) is 16.4. The highest BCUT2D eigenvalue weighted by Crippen LogP contribution is 2.45. The Kier molecular flexibility index (Phi) is 11.4. The van der Waals surface area contributed by atoms with Gasteiger partial charge in [0.2, 0.25) is 11.9 Å². The molecular formula is C40H47N7O8S. The molecule has 2 aliphatic rings. The number of aromatic nitrogens is 2. The zero-order chi connectivity index (χ0) is 40.4. The van der Waals surface area contributed by atoms with Crippen LogP contribution in [0.25, 0.3) is 11.1 Å². The summed E-state index contributed by atoms with van der Waals surface area (Å²) in [5, 5.41) is 26.1. The van der Waals surface area contributed by atoms with Gasteiger partial charge < -0.3 is 35.5 Å². The molecule has 0 unspecified atom stereocenters. The van der Waals surface area contributed by atoms with Crippen LogP contribution in [0.1, 0.15) is 71.7 Å². The lowest BCUT2D eigenvalue weighted by Gasteiger charge is -2.22. The van der Waals surface area contributed by atoms with E-state index in [1.54, 1.807) is 13.8 Å². The number of hydrogen-bond acceptors (Lipinski definition) is 9. The Morgan fingerprint density at radius 1 is 1.00 bits per heavy atom. The zero-order valence-corrected chi connectivity index (χ0v) is 32.7. The summed E-state index contributed by atoms with van der Waals surface area (Å²) >= 11 is 0. The number of amides is 2. The Morgan fingerprint density at radius 3 is 2.29 bits per heavy atom. The van der Waals surface area contributed by atoms with E-state index in [9.17, 15) is 27.9 Å². The van der Waals surface area contributed by atoms with Crippen molar-refractivity contribution in [2.75, 3.05) is 13.2 Å². The summed E-state index contributed by atoms with van der Waals surface area (Å²) in [6, 6.07) is 13.2. The fraction of sp³-hybridized carbons (Fsp3) is 0.375. The van der Waals surface area contributed by atoms with Crippen molar-refractivity contribution >= 4 is 34.0 Å². The van der Waals surface area contributed by atoms with Gasteiger partial charge in [0.1, 0.15) is 30.0 Å². The number of aliphatic carboxylic acids is 1. The fourth-order valence-corrected chi connectivity index (χ4v) is 9.05. The summed E-state index contributed by atoms with van der Waals surface area (Å²) in [6.07, 6.45) is 2.65. The molecule has 16 heteroatoms. The number of nitrogens with zero attached hydrogens (tertiary/aromatic N) is 1. The number of carbonyl (C=O) groups is 3. The first-order valence-electron chi connectivity index (χ1n) is 18.4. The molecule has 7 N–H and O–H groups in total. The normalized spacial score (nSPS) is 15.0. The van der Waals surface area contributed by atoms with Crippen molar-refractivity contribution in [1.82, 2.24) is 30.6 Å². The maximum absolute atomic E-state index is 13.6. The Labute approximate surface area is 325 Å². The van der Waals surface area contributed by atoms with Crippen LogP contribution < -0.4 is 25.4 Å². The quantitative estimate of drug-likeness (QED) is 0.0544. The van der Waals surface area contributed by atoms with Gasteiger partial charge in [-0.05, 0) is 86.4 Å². The van der Waals surface area contributed by atoms with Crippen molar-refractivity contribution < 1.29 is 37.4 Å². The number of alkyl carbamates (subject to hydrolysis) is 1. The standard InChI is InChI=1S/C40H47N7O8S/c1-22-23(2)35(24(3)30-18-40(4,5)55-34(22)30)56(52,53)47-38(41)43-16-10-15-32(36(48)45-33(37(49)50)17-25-19-42-21-44-25)46-39(51)54-20-31-28-13-8-6-11-26(28)27-12-7-9-14-29(27)31/h6-9,11-14,19,21,31-33H,10,15-18,20H2,1-5H3,(H,42,44)(H,45,48)(H,46,51)(H,49,50)(H3,41,43,47)/t32-,33-/m0/s1. The van der Waals surface area contributed by atoms with E-state index in [2.05, 4.69) is 30.6 Å². The molecule has 4 aromatic rings. The van der Waals surface area contributed by atoms with Gasteiger partial charge in [0.05, 0.1) is 16.9 Å². The van der Waals surface area contributed by atoms with E-state index in [1.807, 2.05) is 69.3 Å². The summed E-state index contributed by atoms with van der Waals surface area (Å²) in [5.74, 6) is -2.06. The molecule has 296 valence electrons. The predicted molar refractivity (Wildman–Crippen MR) is 208 cm³/mol. The fourth-order valence-electron chi connectivity index (χ4n) is 7.52. The van der Waals surface area contributed by atoms with E-state index >= 15 is 0 Å². The monoisotopic (exact) mass is 785 g/mol. The molecule has 56 heavy (non-hydrogen) atoms. The Morgan fingerprint density at radius 2 is 1.66 bits per heavy atom. The number of sulfonamides is 1. The number of nitrogens with one attached hydrogen (secondary N) is 6. The van der Waals surface area contributed by atoms with Gasteiger partial charge in [0.15, 0.2) is 0 Å². The number of imidazole rings is 1. The van der Waals surface area contributed by atoms with Gasteiger partial charge in [-0.1, -0.05) is 48.5 Å². The van der Waals surface area contributed by atoms with E-state index in [1.165, 1.54) is 12.5 Å². The highest BCUT2D eigenvalue weighted by Gasteiger charge is 2.37. The van der Waals surface area contributed by atoms with Crippen LogP contribution in [0.3, 0.4) is 0 Å². The molecule has 0 saturated carbocycles. The van der Waals surface area contributed by atoms with E-state index in [4.69, 9.17) is 14.9 Å². The van der Waals surface area contributed by atoms with E-state index in [0.29, 0.717) is 29.0 Å². The van der Waals surface area contributed by atoms with Crippen LogP contribution in [0.5, 0.6) is 5.75 Å². The van der Waals surface area contributed by atoms with Crippen molar-refractivity contribution in [3.63, 3.8) is 0 Å². The van der Waals surface area contributed by atoms with Crippen LogP contribution in [0.4, 0.5) is 4.79 Å². The van der Waals surface area contributed by atoms with Crippen LogP contribution in [0.15, 0.2) is 66.0 Å². The third-order valence-corrected chi connectivity index (χ3v) is 11.9. The maximum Gasteiger partial charge on any atom is 0.407 e. The second kappa shape index (κ2) is 16.1. The lowest BCUT2D eigenvalue weighted by molar-refractivity contribution is -0.142. The Balaban J connectivity index is 1.10. The summed E-state index contributed by atoms with van der Waals surface area (Å²) in [5.41, 5.74) is 6.70. The number of carbonyl (C=O) groups excluding carboxylic acids is 2. The number of ether oxygens (including phenoxy) is 2. The molecule has 0 radical (unpaired) electrons. The molecule has 1 aliphatic heterocycles. The number of rotatable bonds is 14. The molecule has 6 rings (SSSR count). The lowest BCUT2D eigenvalue weighted by atomic mass is 9.94. The number of benzene rings is 3. The second-order valence-electron chi connectivity index (χ2n) is 14.8. The van der Waals surface area contributed by atoms with Crippen molar-refractivity contribution in [3.8, 4) is 16.9 Å². The Hall–Kier alpha value is -5.90. The molecule has 1 aromatic heterocycles. The smallest absolute Gasteiger partial charge is 0.407 e. The van der Waals surface area contributed by atoms with Gasteiger partial charge in [0.25, 0.3) is 10.0 Å². The summed E-state index contributed by atoms with van der Waals surface area (Å²) in [7, 11) is -4.17. The largest absolute Gasteiger partial charge is 0.487 e. The minimum absolute atomic E-state index is 0.00253. The maximum atomic E-state index is 13.6. The van der Waals surface area contributed by atoms with Crippen LogP contribution >= 0.6 is 0 Å². The molecule has 0 bridgehead atoms. The molecule has 2 heterocycles. The molecule has 15 nitrogen and oxygen atoms in total. The first kappa shape index (κ1) is 39.8. The minimum atomic E-state index is -4.17. The number of carboxylic acids is 1. The molecule has 0 spiro atoms. The van der Waals surface area contributed by atoms with Gasteiger partial charge >= 0.3 is 12.1 Å². The first-order valence-corrected chi connectivity index (χ1v) is 19.8. The molecule has 0 fully saturated rings. The van der Waals surface area contributed by atoms with Crippen LogP contribution in [0, 0.1) is 26.2 Å². The van der Waals surface area contributed by atoms with Crippen LogP contribution in [0.2, 0.25) is 0 Å². The first-order chi connectivity index (χ1) is 26.6. The van der Waals surface area contributed by atoms with E-state index in [0.717, 1.165) is 33.4 Å². The SMILES string of the molecule is Cc1c(C)c(S(=O)(=O)NC(=N)NCCC[C@H](NC(=O)OCC2c3ccccc3-c3ccccc32)C(=O)N[C@@H](Cc2c[nH]cn2)C(=O)O)c(C)c2c1OC(C)(C)C2. The van der Waals surface area contributed by atoms with E-state index in [-0.39, 0.29) is 43.2 Å².